The quantitative estimate of drug-likeness (QED) is 0.0208. The van der Waals surface area contributed by atoms with Crippen LogP contribution >= 0.6 is 7.82 Å². The molecule has 312 valence electrons. The van der Waals surface area contributed by atoms with Gasteiger partial charge in [-0.1, -0.05) is 171 Å². The number of carbonyl (C=O) groups is 1. The monoisotopic (exact) mass is 778 g/mol. The summed E-state index contributed by atoms with van der Waals surface area (Å²) in [6, 6.07) is 0. The van der Waals surface area contributed by atoms with Crippen molar-refractivity contribution < 1.29 is 32.8 Å². The number of hydrogen-bond donors (Lipinski definition) is 2. The predicted molar refractivity (Wildman–Crippen MR) is 228 cm³/mol. The molecule has 0 radical (unpaired) electrons. The number of carbonyl (C=O) groups excluding carboxylic acids is 1. The van der Waals surface area contributed by atoms with E-state index in [1.165, 1.54) is 109 Å². The van der Waals surface area contributed by atoms with Crippen molar-refractivity contribution in [3.63, 3.8) is 0 Å². The molecule has 2 atom stereocenters. The summed E-state index contributed by atoms with van der Waals surface area (Å²) >= 11 is 0. The molecule has 0 saturated heterocycles. The summed E-state index contributed by atoms with van der Waals surface area (Å²) in [5, 5.41) is 0. The van der Waals surface area contributed by atoms with Crippen molar-refractivity contribution in [1.29, 1.82) is 0 Å². The number of rotatable bonds is 40. The highest BCUT2D eigenvalue weighted by molar-refractivity contribution is 7.47. The first-order valence-corrected chi connectivity index (χ1v) is 23.0. The van der Waals surface area contributed by atoms with Crippen LogP contribution in [0.25, 0.3) is 0 Å². The molecule has 3 N–H and O–H groups in total. The second-order valence-corrected chi connectivity index (χ2v) is 15.4. The lowest BCUT2D eigenvalue weighted by molar-refractivity contribution is -0.153. The van der Waals surface area contributed by atoms with Gasteiger partial charge in [-0.05, 0) is 63.9 Å². The van der Waals surface area contributed by atoms with Gasteiger partial charge in [0.1, 0.15) is 6.61 Å². The highest BCUT2D eigenvalue weighted by atomic mass is 31.2. The van der Waals surface area contributed by atoms with Gasteiger partial charge in [0.2, 0.25) is 0 Å². The van der Waals surface area contributed by atoms with E-state index in [-0.39, 0.29) is 32.8 Å². The van der Waals surface area contributed by atoms with Crippen LogP contribution in [0, 0.1) is 0 Å². The average molecular weight is 778 g/mol. The zero-order valence-corrected chi connectivity index (χ0v) is 35.3. The third-order valence-corrected chi connectivity index (χ3v) is 9.69. The van der Waals surface area contributed by atoms with Gasteiger partial charge in [0.25, 0.3) is 0 Å². The summed E-state index contributed by atoms with van der Waals surface area (Å²) in [4.78, 5) is 22.4. The van der Waals surface area contributed by atoms with Gasteiger partial charge in [0.05, 0.1) is 19.5 Å². The molecule has 0 heterocycles. The fourth-order valence-corrected chi connectivity index (χ4v) is 6.30. The maximum absolute atomic E-state index is 12.5. The summed E-state index contributed by atoms with van der Waals surface area (Å²) in [7, 11) is -4.31. The van der Waals surface area contributed by atoms with Crippen molar-refractivity contribution >= 4 is 13.8 Å². The number of esters is 1. The molecule has 0 aromatic heterocycles. The van der Waals surface area contributed by atoms with E-state index in [4.69, 9.17) is 24.3 Å². The first kappa shape index (κ1) is 51.8. The minimum absolute atomic E-state index is 0.000224. The standard InChI is InChI=1S/C45H80NO7P/c1-3-5-7-9-11-13-15-17-19-21-22-23-24-26-28-30-32-34-36-38-45(47)53-44(43-52-54(48,49)51-41-39-46)42-50-40-37-35-33-31-29-27-25-20-18-16-14-12-10-8-6-4-2/h11,13,17,19,22-23,26,28,32,34,37,40,44H,3-10,12,14-16,18,20-21,24-25,27,29-31,33,35-36,38-39,41-43,46H2,1-2H3,(H,48,49)/b13-11-,19-17-,23-22-,28-26-,34-32-,40-37?. The first-order chi connectivity index (χ1) is 26.4. The van der Waals surface area contributed by atoms with Gasteiger partial charge < -0.3 is 20.1 Å². The van der Waals surface area contributed by atoms with E-state index >= 15 is 0 Å². The van der Waals surface area contributed by atoms with Crippen molar-refractivity contribution in [2.45, 2.75) is 180 Å². The normalized spacial score (nSPS) is 14.1. The van der Waals surface area contributed by atoms with Crippen LogP contribution in [-0.4, -0.2) is 43.3 Å². The number of ether oxygens (including phenoxy) is 2. The third kappa shape index (κ3) is 41.0. The van der Waals surface area contributed by atoms with E-state index in [0.717, 1.165) is 38.5 Å². The summed E-state index contributed by atoms with van der Waals surface area (Å²) in [5.41, 5.74) is 5.35. The maximum Gasteiger partial charge on any atom is 0.472 e. The summed E-state index contributed by atoms with van der Waals surface area (Å²) in [6.07, 6.45) is 53.1. The number of phosphoric acid groups is 1. The highest BCUT2D eigenvalue weighted by Gasteiger charge is 2.25. The lowest BCUT2D eigenvalue weighted by atomic mass is 10.0. The lowest BCUT2D eigenvalue weighted by Gasteiger charge is -2.19. The zero-order valence-electron chi connectivity index (χ0n) is 34.4. The van der Waals surface area contributed by atoms with Gasteiger partial charge in [-0.25, -0.2) is 4.57 Å². The van der Waals surface area contributed by atoms with Crippen LogP contribution in [0.2, 0.25) is 0 Å². The average Bonchev–Trinajstić information content (AvgIpc) is 3.16. The van der Waals surface area contributed by atoms with Gasteiger partial charge >= 0.3 is 13.8 Å². The molecule has 0 aromatic carbocycles. The zero-order chi connectivity index (χ0) is 39.5. The Balaban J connectivity index is 4.23. The van der Waals surface area contributed by atoms with Crippen molar-refractivity contribution in [3.8, 4) is 0 Å². The molecule has 2 unspecified atom stereocenters. The van der Waals surface area contributed by atoms with E-state index in [1.54, 1.807) is 6.26 Å². The molecule has 0 fully saturated rings. The Morgan fingerprint density at radius 1 is 0.574 bits per heavy atom. The molecule has 0 rings (SSSR count). The molecule has 0 spiro atoms. The van der Waals surface area contributed by atoms with Crippen LogP contribution in [-0.2, 0) is 27.9 Å². The van der Waals surface area contributed by atoms with Gasteiger partial charge in [0, 0.05) is 13.0 Å². The van der Waals surface area contributed by atoms with Crippen molar-refractivity contribution in [2.24, 2.45) is 5.73 Å². The second-order valence-electron chi connectivity index (χ2n) is 13.9. The van der Waals surface area contributed by atoms with Crippen LogP contribution in [0.3, 0.4) is 0 Å². The third-order valence-electron chi connectivity index (χ3n) is 8.70. The van der Waals surface area contributed by atoms with Crippen molar-refractivity contribution in [2.75, 3.05) is 26.4 Å². The molecule has 0 amide bonds. The van der Waals surface area contributed by atoms with Gasteiger partial charge in [0.15, 0.2) is 6.10 Å². The largest absolute Gasteiger partial charge is 0.498 e. The predicted octanol–water partition coefficient (Wildman–Crippen LogP) is 13.1. The molecule has 8 nitrogen and oxygen atoms in total. The van der Waals surface area contributed by atoms with Crippen LogP contribution in [0.15, 0.2) is 73.1 Å². The van der Waals surface area contributed by atoms with Crippen LogP contribution in [0.1, 0.15) is 174 Å². The maximum atomic E-state index is 12.5. The number of unbranched alkanes of at least 4 members (excludes halogenated alkanes) is 17. The molecule has 0 saturated carbocycles. The fraction of sp³-hybridized carbons (Fsp3) is 0.711. The Hall–Kier alpha value is -2.22. The Morgan fingerprint density at radius 3 is 1.52 bits per heavy atom. The van der Waals surface area contributed by atoms with Crippen molar-refractivity contribution in [1.82, 2.24) is 0 Å². The summed E-state index contributed by atoms with van der Waals surface area (Å²) < 4.78 is 33.1. The van der Waals surface area contributed by atoms with Crippen LogP contribution in [0.4, 0.5) is 0 Å². The minimum atomic E-state index is -4.31. The molecule has 0 aromatic rings. The molecule has 54 heavy (non-hydrogen) atoms. The van der Waals surface area contributed by atoms with E-state index in [2.05, 4.69) is 62.5 Å². The number of phosphoric ester groups is 1. The molecular formula is C45H80NO7P. The smallest absolute Gasteiger partial charge is 0.472 e. The van der Waals surface area contributed by atoms with E-state index in [9.17, 15) is 14.3 Å². The Bertz CT molecular complexity index is 1050. The van der Waals surface area contributed by atoms with E-state index < -0.39 is 19.9 Å². The Kier molecular flexibility index (Phi) is 40.2. The Labute approximate surface area is 331 Å². The van der Waals surface area contributed by atoms with Crippen molar-refractivity contribution in [3.05, 3.63) is 73.1 Å². The van der Waals surface area contributed by atoms with E-state index in [1.807, 2.05) is 18.2 Å². The van der Waals surface area contributed by atoms with E-state index in [0.29, 0.717) is 6.42 Å². The molecule has 9 heteroatoms. The van der Waals surface area contributed by atoms with Crippen LogP contribution < -0.4 is 5.73 Å². The fourth-order valence-electron chi connectivity index (χ4n) is 5.53. The topological polar surface area (TPSA) is 117 Å². The molecule has 0 aliphatic carbocycles. The minimum Gasteiger partial charge on any atom is -0.498 e. The Morgan fingerprint density at radius 2 is 1.00 bits per heavy atom. The molecule has 0 aliphatic heterocycles. The number of allylic oxidation sites excluding steroid dienone is 11. The number of hydrogen-bond acceptors (Lipinski definition) is 7. The molecule has 0 aliphatic rings. The molecule has 0 bridgehead atoms. The van der Waals surface area contributed by atoms with Gasteiger partial charge in [-0.2, -0.15) is 0 Å². The summed E-state index contributed by atoms with van der Waals surface area (Å²) in [6.45, 7) is 4.12. The highest BCUT2D eigenvalue weighted by Crippen LogP contribution is 2.43. The first-order valence-electron chi connectivity index (χ1n) is 21.5. The van der Waals surface area contributed by atoms with Gasteiger partial charge in [-0.15, -0.1) is 0 Å². The van der Waals surface area contributed by atoms with Crippen LogP contribution in [0.5, 0.6) is 0 Å². The lowest BCUT2D eigenvalue weighted by Crippen LogP contribution is -2.27. The second kappa shape index (κ2) is 41.9. The summed E-state index contributed by atoms with van der Waals surface area (Å²) in [5.74, 6) is -0.434. The molecular weight excluding hydrogens is 697 g/mol. The van der Waals surface area contributed by atoms with Gasteiger partial charge in [-0.3, -0.25) is 13.8 Å². The SMILES string of the molecule is CCCCC/C=C\C/C=C\C/C=C\C/C=C\C/C=C\CCC(=O)OC(COC=CCCCCCCCCCCCCCCCC)COP(=O)(O)OCCN. The number of nitrogens with two attached hydrogens (primary N) is 1.